The van der Waals surface area contributed by atoms with Crippen LogP contribution < -0.4 is 5.32 Å². The predicted molar refractivity (Wildman–Crippen MR) is 110 cm³/mol. The van der Waals surface area contributed by atoms with Crippen LogP contribution >= 0.6 is 0 Å². The number of amides is 2. The minimum absolute atomic E-state index is 0.000140. The number of aryl methyl sites for hydroxylation is 2. The summed E-state index contributed by atoms with van der Waals surface area (Å²) in [6, 6.07) is 8.04. The third-order valence-electron chi connectivity index (χ3n) is 4.68. The highest BCUT2D eigenvalue weighted by Gasteiger charge is 2.34. The average molecular weight is 402 g/mol. The van der Waals surface area contributed by atoms with Gasteiger partial charge in [0.15, 0.2) is 0 Å². The van der Waals surface area contributed by atoms with Crippen molar-refractivity contribution in [2.45, 2.75) is 52.4 Å². The number of hydrogen-bond donors (Lipinski definition) is 1. The third kappa shape index (κ3) is 5.69. The summed E-state index contributed by atoms with van der Waals surface area (Å²) in [6.45, 7) is 9.76. The monoisotopic (exact) mass is 402 g/mol. The molecule has 2 aromatic rings. The van der Waals surface area contributed by atoms with Gasteiger partial charge < -0.3 is 24.3 Å². The number of hydrogen-bond acceptors (Lipinski definition) is 5. The van der Waals surface area contributed by atoms with E-state index in [4.69, 9.17) is 9.47 Å². The number of carbonyl (C=O) groups is 2. The van der Waals surface area contributed by atoms with Crippen molar-refractivity contribution in [2.24, 2.45) is 0 Å². The molecule has 1 fully saturated rings. The summed E-state index contributed by atoms with van der Waals surface area (Å²) in [5, 5.41) is 2.88. The number of nitrogens with zero attached hydrogens (tertiary/aromatic N) is 3. The molecule has 1 aliphatic heterocycles. The molecule has 1 saturated heterocycles. The van der Waals surface area contributed by atoms with Gasteiger partial charge in [0.05, 0.1) is 30.2 Å². The zero-order valence-electron chi connectivity index (χ0n) is 17.6. The fourth-order valence-electron chi connectivity index (χ4n) is 3.21. The molecule has 1 aromatic carbocycles. The van der Waals surface area contributed by atoms with E-state index in [9.17, 15) is 9.59 Å². The van der Waals surface area contributed by atoms with E-state index in [1.807, 2.05) is 45.9 Å². The number of para-hydroxylation sites is 2. The van der Waals surface area contributed by atoms with Crippen molar-refractivity contribution in [3.05, 3.63) is 30.1 Å². The first-order valence-electron chi connectivity index (χ1n) is 10.0. The predicted octanol–water partition coefficient (Wildman–Crippen LogP) is 2.49. The number of aromatic nitrogens is 2. The molecular weight excluding hydrogens is 372 g/mol. The molecule has 0 saturated carbocycles. The molecule has 3 rings (SSSR count). The van der Waals surface area contributed by atoms with Crippen molar-refractivity contribution < 1.29 is 19.1 Å². The van der Waals surface area contributed by atoms with Gasteiger partial charge in [-0.15, -0.1) is 0 Å². The first kappa shape index (κ1) is 21.1. The van der Waals surface area contributed by atoms with Crippen LogP contribution in [-0.4, -0.2) is 64.4 Å². The van der Waals surface area contributed by atoms with Gasteiger partial charge in [0, 0.05) is 13.1 Å². The van der Waals surface area contributed by atoms with Crippen molar-refractivity contribution in [3.63, 3.8) is 0 Å². The Bertz CT molecular complexity index is 865. The fourth-order valence-corrected chi connectivity index (χ4v) is 3.21. The van der Waals surface area contributed by atoms with Crippen LogP contribution in [0.15, 0.2) is 24.3 Å². The second kappa shape index (κ2) is 8.82. The maximum absolute atomic E-state index is 12.0. The summed E-state index contributed by atoms with van der Waals surface area (Å²) in [6.07, 6.45) is 0.348. The molecule has 0 spiro atoms. The normalized spacial score (nSPS) is 14.7. The van der Waals surface area contributed by atoms with E-state index in [0.29, 0.717) is 19.6 Å². The first-order chi connectivity index (χ1) is 13.7. The zero-order valence-corrected chi connectivity index (χ0v) is 17.6. The van der Waals surface area contributed by atoms with Gasteiger partial charge in [0.2, 0.25) is 5.91 Å². The first-order valence-corrected chi connectivity index (χ1v) is 10.0. The molecule has 1 aliphatic rings. The van der Waals surface area contributed by atoms with Crippen molar-refractivity contribution >= 4 is 23.0 Å². The molecule has 0 bridgehead atoms. The van der Waals surface area contributed by atoms with Crippen LogP contribution in [-0.2, 0) is 20.8 Å². The number of rotatable bonds is 7. The highest BCUT2D eigenvalue weighted by molar-refractivity contribution is 5.77. The van der Waals surface area contributed by atoms with Gasteiger partial charge in [-0.3, -0.25) is 4.79 Å². The molecule has 8 nitrogen and oxygen atoms in total. The lowest BCUT2D eigenvalue weighted by molar-refractivity contribution is -0.131. The Hall–Kier alpha value is -2.61. The summed E-state index contributed by atoms with van der Waals surface area (Å²) >= 11 is 0. The van der Waals surface area contributed by atoms with Crippen molar-refractivity contribution in [3.8, 4) is 0 Å². The zero-order chi connectivity index (χ0) is 21.0. The molecule has 0 aliphatic carbocycles. The Labute approximate surface area is 171 Å². The maximum atomic E-state index is 12.0. The van der Waals surface area contributed by atoms with Crippen molar-refractivity contribution in [2.75, 3.05) is 26.2 Å². The van der Waals surface area contributed by atoms with Gasteiger partial charge >= 0.3 is 6.09 Å². The Morgan fingerprint density at radius 3 is 2.69 bits per heavy atom. The lowest BCUT2D eigenvalue weighted by Gasteiger charge is -2.39. The van der Waals surface area contributed by atoms with Gasteiger partial charge in [-0.2, -0.15) is 0 Å². The topological polar surface area (TPSA) is 85.7 Å². The molecule has 8 heteroatoms. The minimum atomic E-state index is -0.509. The van der Waals surface area contributed by atoms with E-state index < -0.39 is 5.60 Å². The number of carbonyl (C=O) groups excluding carboxylic acids is 2. The molecule has 158 valence electrons. The van der Waals surface area contributed by atoms with Gasteiger partial charge in [0.25, 0.3) is 0 Å². The van der Waals surface area contributed by atoms with Gasteiger partial charge in [-0.25, -0.2) is 9.78 Å². The number of ether oxygens (including phenoxy) is 2. The Morgan fingerprint density at radius 2 is 1.97 bits per heavy atom. The largest absolute Gasteiger partial charge is 0.444 e. The fraction of sp³-hybridized carbons (Fsp3) is 0.571. The van der Waals surface area contributed by atoms with Gasteiger partial charge in [0.1, 0.15) is 18.0 Å². The number of likely N-dealkylation sites (tertiary alicyclic amines) is 1. The Kier molecular flexibility index (Phi) is 6.42. The van der Waals surface area contributed by atoms with Crippen LogP contribution in [0.1, 0.15) is 33.0 Å². The highest BCUT2D eigenvalue weighted by atomic mass is 16.6. The standard InChI is InChI=1S/C21H30N4O4/c1-15-23-17-8-5-6-9-18(17)25(15)11-7-10-22-19(26)14-28-16-12-24(13-16)20(27)29-21(2,3)4/h5-6,8-9,16H,7,10-14H2,1-4H3,(H,22,26). The van der Waals surface area contributed by atoms with Crippen LogP contribution in [0.2, 0.25) is 0 Å². The average Bonchev–Trinajstić information content (AvgIpc) is 2.91. The van der Waals surface area contributed by atoms with Crippen LogP contribution in [0.3, 0.4) is 0 Å². The van der Waals surface area contributed by atoms with E-state index in [1.165, 1.54) is 0 Å². The van der Waals surface area contributed by atoms with Crippen molar-refractivity contribution in [1.82, 2.24) is 19.8 Å². The van der Waals surface area contributed by atoms with E-state index in [0.717, 1.165) is 29.8 Å². The van der Waals surface area contributed by atoms with E-state index in [-0.39, 0.29) is 24.7 Å². The van der Waals surface area contributed by atoms with Crippen LogP contribution in [0, 0.1) is 6.92 Å². The molecule has 2 heterocycles. The number of fused-ring (bicyclic) bond motifs is 1. The highest BCUT2D eigenvalue weighted by Crippen LogP contribution is 2.17. The SMILES string of the molecule is Cc1nc2ccccc2n1CCCNC(=O)COC1CN(C(=O)OC(C)(C)C)C1. The van der Waals surface area contributed by atoms with Crippen molar-refractivity contribution in [1.29, 1.82) is 0 Å². The van der Waals surface area contributed by atoms with Gasteiger partial charge in [-0.05, 0) is 46.2 Å². The molecule has 2 amide bonds. The van der Waals surface area contributed by atoms with E-state index >= 15 is 0 Å². The third-order valence-corrected chi connectivity index (χ3v) is 4.68. The molecule has 0 atom stereocenters. The number of benzene rings is 1. The van der Waals surface area contributed by atoms with Crippen LogP contribution in [0.4, 0.5) is 4.79 Å². The summed E-state index contributed by atoms with van der Waals surface area (Å²) in [4.78, 5) is 30.0. The smallest absolute Gasteiger partial charge is 0.410 e. The molecule has 29 heavy (non-hydrogen) atoms. The number of nitrogens with one attached hydrogen (secondary N) is 1. The van der Waals surface area contributed by atoms with Crippen LogP contribution in [0.5, 0.6) is 0 Å². The lowest BCUT2D eigenvalue weighted by atomic mass is 10.2. The Morgan fingerprint density at radius 1 is 1.24 bits per heavy atom. The lowest BCUT2D eigenvalue weighted by Crippen LogP contribution is -2.56. The molecule has 0 unspecified atom stereocenters. The summed E-state index contributed by atoms with van der Waals surface area (Å²) in [5.41, 5.74) is 1.59. The minimum Gasteiger partial charge on any atom is -0.444 e. The maximum Gasteiger partial charge on any atom is 0.410 e. The second-order valence-corrected chi connectivity index (χ2v) is 8.32. The quantitative estimate of drug-likeness (QED) is 0.719. The second-order valence-electron chi connectivity index (χ2n) is 8.32. The molecule has 0 radical (unpaired) electrons. The van der Waals surface area contributed by atoms with Gasteiger partial charge in [-0.1, -0.05) is 12.1 Å². The van der Waals surface area contributed by atoms with E-state index in [1.54, 1.807) is 4.90 Å². The molecule has 1 N–H and O–H groups in total. The van der Waals surface area contributed by atoms with E-state index in [2.05, 4.69) is 20.9 Å². The molecular formula is C21H30N4O4. The Balaban J connectivity index is 1.30. The summed E-state index contributed by atoms with van der Waals surface area (Å²) < 4.78 is 13.0. The summed E-state index contributed by atoms with van der Waals surface area (Å²) in [5.74, 6) is 0.827. The van der Waals surface area contributed by atoms with Crippen LogP contribution in [0.25, 0.3) is 11.0 Å². The summed E-state index contributed by atoms with van der Waals surface area (Å²) in [7, 11) is 0. The number of imidazole rings is 1. The molecule has 1 aromatic heterocycles.